The lowest BCUT2D eigenvalue weighted by Crippen LogP contribution is -2.36. The summed E-state index contributed by atoms with van der Waals surface area (Å²) < 4.78 is 35.5. The summed E-state index contributed by atoms with van der Waals surface area (Å²) in [5, 5.41) is 3.08. The SMILES string of the molecule is CC(=O)O[C@H]1CO[C@@H]2C(Oc3ccnc(NCc4ccc(F)cc4)n3)CO[C@H]12. The van der Waals surface area contributed by atoms with Gasteiger partial charge in [0.05, 0.1) is 13.2 Å². The van der Waals surface area contributed by atoms with Crippen LogP contribution >= 0.6 is 0 Å². The molecule has 4 atom stereocenters. The van der Waals surface area contributed by atoms with Crippen LogP contribution in [0.3, 0.4) is 0 Å². The van der Waals surface area contributed by atoms with Gasteiger partial charge >= 0.3 is 5.97 Å². The van der Waals surface area contributed by atoms with Crippen LogP contribution in [0.5, 0.6) is 5.88 Å². The Labute approximate surface area is 161 Å². The zero-order valence-corrected chi connectivity index (χ0v) is 15.2. The molecule has 1 aromatic heterocycles. The van der Waals surface area contributed by atoms with Gasteiger partial charge in [-0.3, -0.25) is 4.79 Å². The quantitative estimate of drug-likeness (QED) is 0.747. The second kappa shape index (κ2) is 8.07. The Morgan fingerprint density at radius 2 is 1.89 bits per heavy atom. The summed E-state index contributed by atoms with van der Waals surface area (Å²) in [5.41, 5.74) is 0.902. The summed E-state index contributed by atoms with van der Waals surface area (Å²) in [4.78, 5) is 19.7. The molecular weight excluding hydrogens is 369 g/mol. The van der Waals surface area contributed by atoms with Crippen molar-refractivity contribution in [1.29, 1.82) is 0 Å². The van der Waals surface area contributed by atoms with E-state index in [1.54, 1.807) is 24.4 Å². The Morgan fingerprint density at radius 1 is 1.18 bits per heavy atom. The number of nitrogens with zero attached hydrogens (tertiary/aromatic N) is 2. The van der Waals surface area contributed by atoms with Gasteiger partial charge in [0.25, 0.3) is 0 Å². The maximum Gasteiger partial charge on any atom is 0.303 e. The zero-order valence-electron chi connectivity index (χ0n) is 15.2. The number of anilines is 1. The van der Waals surface area contributed by atoms with Crippen LogP contribution in [-0.2, 0) is 25.5 Å². The van der Waals surface area contributed by atoms with E-state index >= 15 is 0 Å². The molecule has 0 bridgehead atoms. The van der Waals surface area contributed by atoms with Gasteiger partial charge in [0.1, 0.15) is 18.0 Å². The molecule has 8 nitrogen and oxygen atoms in total. The van der Waals surface area contributed by atoms with Gasteiger partial charge in [-0.05, 0) is 17.7 Å². The van der Waals surface area contributed by atoms with Crippen molar-refractivity contribution in [2.24, 2.45) is 0 Å². The van der Waals surface area contributed by atoms with E-state index in [2.05, 4.69) is 15.3 Å². The van der Waals surface area contributed by atoms with E-state index in [1.165, 1.54) is 19.1 Å². The molecule has 1 unspecified atom stereocenters. The molecule has 28 heavy (non-hydrogen) atoms. The molecule has 2 aromatic rings. The minimum Gasteiger partial charge on any atom is -0.469 e. The molecule has 2 aliphatic heterocycles. The molecule has 0 saturated carbocycles. The Bertz CT molecular complexity index is 835. The first-order valence-corrected chi connectivity index (χ1v) is 8.97. The van der Waals surface area contributed by atoms with Gasteiger partial charge in [0.2, 0.25) is 11.8 Å². The van der Waals surface area contributed by atoms with E-state index in [1.807, 2.05) is 0 Å². The number of nitrogens with one attached hydrogen (secondary N) is 1. The predicted octanol–water partition coefficient (Wildman–Crippen LogP) is 1.70. The lowest BCUT2D eigenvalue weighted by atomic mass is 10.1. The fraction of sp³-hybridized carbons (Fsp3) is 0.421. The van der Waals surface area contributed by atoms with Crippen LogP contribution in [0.2, 0.25) is 0 Å². The first kappa shape index (κ1) is 18.6. The van der Waals surface area contributed by atoms with Crippen molar-refractivity contribution >= 4 is 11.9 Å². The number of hydrogen-bond acceptors (Lipinski definition) is 8. The number of hydrogen-bond donors (Lipinski definition) is 1. The van der Waals surface area contributed by atoms with E-state index in [9.17, 15) is 9.18 Å². The van der Waals surface area contributed by atoms with Gasteiger partial charge in [0, 0.05) is 25.7 Å². The molecule has 1 aromatic carbocycles. The van der Waals surface area contributed by atoms with Gasteiger partial charge < -0.3 is 24.3 Å². The fourth-order valence-corrected chi connectivity index (χ4v) is 3.28. The average molecular weight is 389 g/mol. The molecule has 1 N–H and O–H groups in total. The Kier molecular flexibility index (Phi) is 5.36. The highest BCUT2D eigenvalue weighted by Crippen LogP contribution is 2.31. The summed E-state index contributed by atoms with van der Waals surface area (Å²) in [6.45, 7) is 2.41. The van der Waals surface area contributed by atoms with Crippen molar-refractivity contribution in [2.45, 2.75) is 37.9 Å². The highest BCUT2D eigenvalue weighted by Gasteiger charge is 2.50. The first-order chi connectivity index (χ1) is 13.6. The highest BCUT2D eigenvalue weighted by molar-refractivity contribution is 5.66. The summed E-state index contributed by atoms with van der Waals surface area (Å²) in [5.74, 6) is 0.125. The third kappa shape index (κ3) is 4.20. The van der Waals surface area contributed by atoms with Gasteiger partial charge in [-0.1, -0.05) is 12.1 Å². The standard InChI is InChI=1S/C19H20FN3O5/c1-11(24)27-14-9-25-18-15(10-26-17(14)18)28-16-6-7-21-19(23-16)22-8-12-2-4-13(20)5-3-12/h2-7,14-15,17-18H,8-10H2,1H3,(H,21,22,23)/t14-,15?,17+,18+/m0/s1. The molecule has 2 aliphatic rings. The lowest BCUT2D eigenvalue weighted by molar-refractivity contribution is -0.150. The number of rotatable bonds is 6. The third-order valence-corrected chi connectivity index (χ3v) is 4.55. The zero-order chi connectivity index (χ0) is 19.5. The van der Waals surface area contributed by atoms with Gasteiger partial charge in [-0.2, -0.15) is 4.98 Å². The average Bonchev–Trinajstić information content (AvgIpc) is 3.25. The van der Waals surface area contributed by atoms with Crippen LogP contribution in [0, 0.1) is 5.82 Å². The first-order valence-electron chi connectivity index (χ1n) is 8.97. The second-order valence-electron chi connectivity index (χ2n) is 6.60. The van der Waals surface area contributed by atoms with E-state index in [-0.39, 0.29) is 36.7 Å². The van der Waals surface area contributed by atoms with Crippen molar-refractivity contribution in [3.63, 3.8) is 0 Å². The minimum absolute atomic E-state index is 0.280. The van der Waals surface area contributed by atoms with Gasteiger partial charge in [-0.15, -0.1) is 0 Å². The van der Waals surface area contributed by atoms with Crippen LogP contribution in [0.25, 0.3) is 0 Å². The van der Waals surface area contributed by atoms with Crippen molar-refractivity contribution in [1.82, 2.24) is 9.97 Å². The molecular formula is C19H20FN3O5. The van der Waals surface area contributed by atoms with Crippen molar-refractivity contribution < 1.29 is 28.1 Å². The summed E-state index contributed by atoms with van der Waals surface area (Å²) >= 11 is 0. The number of carbonyl (C=O) groups excluding carboxylic acids is 1. The summed E-state index contributed by atoms with van der Waals surface area (Å²) in [7, 11) is 0. The summed E-state index contributed by atoms with van der Waals surface area (Å²) in [6, 6.07) is 7.83. The molecule has 0 spiro atoms. The number of carbonyl (C=O) groups is 1. The van der Waals surface area contributed by atoms with Crippen molar-refractivity contribution in [3.05, 3.63) is 47.9 Å². The largest absolute Gasteiger partial charge is 0.469 e. The monoisotopic (exact) mass is 389 g/mol. The Morgan fingerprint density at radius 3 is 2.64 bits per heavy atom. The van der Waals surface area contributed by atoms with Crippen LogP contribution in [0.4, 0.5) is 10.3 Å². The van der Waals surface area contributed by atoms with Gasteiger partial charge in [-0.25, -0.2) is 9.37 Å². The molecule has 148 valence electrons. The van der Waals surface area contributed by atoms with E-state index in [4.69, 9.17) is 18.9 Å². The second-order valence-corrected chi connectivity index (χ2v) is 6.60. The van der Waals surface area contributed by atoms with Crippen LogP contribution in [0.1, 0.15) is 12.5 Å². The van der Waals surface area contributed by atoms with Crippen molar-refractivity contribution in [3.8, 4) is 5.88 Å². The highest BCUT2D eigenvalue weighted by atomic mass is 19.1. The van der Waals surface area contributed by atoms with Crippen molar-refractivity contribution in [2.75, 3.05) is 18.5 Å². The van der Waals surface area contributed by atoms with Crippen LogP contribution < -0.4 is 10.1 Å². The Balaban J connectivity index is 1.35. The maximum atomic E-state index is 13.0. The molecule has 0 aliphatic carbocycles. The van der Waals surface area contributed by atoms with Gasteiger partial charge in [0.15, 0.2) is 12.2 Å². The molecule has 2 saturated heterocycles. The lowest BCUT2D eigenvalue weighted by Gasteiger charge is -2.17. The Hall–Kier alpha value is -2.78. The van der Waals surface area contributed by atoms with Crippen LogP contribution in [0.15, 0.2) is 36.5 Å². The molecule has 0 amide bonds. The number of esters is 1. The van der Waals surface area contributed by atoms with E-state index < -0.39 is 6.10 Å². The normalized spacial score (nSPS) is 25.9. The summed E-state index contributed by atoms with van der Waals surface area (Å²) in [6.07, 6.45) is 0.140. The topological polar surface area (TPSA) is 91.8 Å². The molecule has 2 fully saturated rings. The maximum absolute atomic E-state index is 13.0. The number of fused-ring (bicyclic) bond motifs is 1. The molecule has 4 rings (SSSR count). The van der Waals surface area contributed by atoms with E-state index in [0.717, 1.165) is 5.56 Å². The predicted molar refractivity (Wildman–Crippen MR) is 95.2 cm³/mol. The third-order valence-electron chi connectivity index (χ3n) is 4.55. The van der Waals surface area contributed by atoms with E-state index in [0.29, 0.717) is 25.0 Å². The minimum atomic E-state index is -0.422. The smallest absolute Gasteiger partial charge is 0.303 e. The van der Waals surface area contributed by atoms with Crippen LogP contribution in [-0.4, -0.2) is 53.6 Å². The number of aromatic nitrogens is 2. The number of ether oxygens (including phenoxy) is 4. The molecule has 9 heteroatoms. The molecule has 3 heterocycles. The molecule has 0 radical (unpaired) electrons. The number of benzene rings is 1. The number of halogens is 1. The fourth-order valence-electron chi connectivity index (χ4n) is 3.28.